The molecule has 0 aromatic carbocycles. The van der Waals surface area contributed by atoms with Gasteiger partial charge in [-0.05, 0) is 38.5 Å². The molecule has 94 valence electrons. The van der Waals surface area contributed by atoms with Crippen molar-refractivity contribution in [3.8, 4) is 0 Å². The van der Waals surface area contributed by atoms with Crippen molar-refractivity contribution in [2.75, 3.05) is 26.7 Å². The lowest BCUT2D eigenvalue weighted by molar-refractivity contribution is 0.410. The molecule has 1 fully saturated rings. The summed E-state index contributed by atoms with van der Waals surface area (Å²) >= 11 is 0. The standard InChI is InChI=1S/C13H22N4/c1-10(8-14)7-13-15-5-3-12(16-13)11-4-6-17(2)9-11/h3,5,10-11H,4,6-9,14H2,1-2H3. The summed E-state index contributed by atoms with van der Waals surface area (Å²) in [5, 5.41) is 0. The van der Waals surface area contributed by atoms with E-state index in [9.17, 15) is 0 Å². The number of hydrogen-bond donors (Lipinski definition) is 1. The third-order valence-electron chi connectivity index (χ3n) is 3.47. The van der Waals surface area contributed by atoms with Crippen molar-refractivity contribution in [2.45, 2.75) is 25.7 Å². The van der Waals surface area contributed by atoms with Gasteiger partial charge in [0.15, 0.2) is 0 Å². The van der Waals surface area contributed by atoms with Crippen LogP contribution in [0, 0.1) is 5.92 Å². The Morgan fingerprint density at radius 1 is 1.59 bits per heavy atom. The van der Waals surface area contributed by atoms with E-state index in [-0.39, 0.29) is 0 Å². The first-order chi connectivity index (χ1) is 8.19. The summed E-state index contributed by atoms with van der Waals surface area (Å²) in [6.45, 7) is 5.12. The normalized spacial score (nSPS) is 22.9. The number of hydrogen-bond acceptors (Lipinski definition) is 4. The highest BCUT2D eigenvalue weighted by atomic mass is 15.1. The summed E-state index contributed by atoms with van der Waals surface area (Å²) in [7, 11) is 2.17. The van der Waals surface area contributed by atoms with Crippen molar-refractivity contribution in [2.24, 2.45) is 11.7 Å². The Hall–Kier alpha value is -1.00. The van der Waals surface area contributed by atoms with Crippen LogP contribution in [0.3, 0.4) is 0 Å². The minimum Gasteiger partial charge on any atom is -0.330 e. The zero-order valence-corrected chi connectivity index (χ0v) is 10.8. The third kappa shape index (κ3) is 3.23. The van der Waals surface area contributed by atoms with Crippen molar-refractivity contribution >= 4 is 0 Å². The molecular weight excluding hydrogens is 212 g/mol. The Balaban J connectivity index is 2.06. The van der Waals surface area contributed by atoms with Crippen LogP contribution < -0.4 is 5.73 Å². The van der Waals surface area contributed by atoms with Gasteiger partial charge in [0, 0.05) is 30.8 Å². The minimum atomic E-state index is 0.455. The highest BCUT2D eigenvalue weighted by molar-refractivity contribution is 5.11. The minimum absolute atomic E-state index is 0.455. The van der Waals surface area contributed by atoms with Gasteiger partial charge in [-0.15, -0.1) is 0 Å². The third-order valence-corrected chi connectivity index (χ3v) is 3.47. The van der Waals surface area contributed by atoms with E-state index in [0.717, 1.165) is 18.8 Å². The largest absolute Gasteiger partial charge is 0.330 e. The van der Waals surface area contributed by atoms with E-state index in [2.05, 4.69) is 34.9 Å². The van der Waals surface area contributed by atoms with Crippen molar-refractivity contribution < 1.29 is 0 Å². The van der Waals surface area contributed by atoms with Gasteiger partial charge in [-0.1, -0.05) is 6.92 Å². The van der Waals surface area contributed by atoms with Crippen LogP contribution in [0.2, 0.25) is 0 Å². The summed E-state index contributed by atoms with van der Waals surface area (Å²) in [5.41, 5.74) is 6.83. The van der Waals surface area contributed by atoms with E-state index < -0.39 is 0 Å². The van der Waals surface area contributed by atoms with Gasteiger partial charge in [0.25, 0.3) is 0 Å². The number of aromatic nitrogens is 2. The number of likely N-dealkylation sites (N-methyl/N-ethyl adjacent to an activating group) is 1. The zero-order valence-electron chi connectivity index (χ0n) is 10.8. The number of likely N-dealkylation sites (tertiary alicyclic amines) is 1. The lowest BCUT2D eigenvalue weighted by atomic mass is 10.0. The number of nitrogens with two attached hydrogens (primary N) is 1. The fourth-order valence-electron chi connectivity index (χ4n) is 2.31. The van der Waals surface area contributed by atoms with Crippen LogP contribution in [-0.4, -0.2) is 41.5 Å². The maximum atomic E-state index is 5.64. The molecule has 1 aliphatic heterocycles. The highest BCUT2D eigenvalue weighted by Crippen LogP contribution is 2.24. The highest BCUT2D eigenvalue weighted by Gasteiger charge is 2.22. The molecule has 17 heavy (non-hydrogen) atoms. The summed E-state index contributed by atoms with van der Waals surface area (Å²) in [5.74, 6) is 1.97. The maximum Gasteiger partial charge on any atom is 0.128 e. The van der Waals surface area contributed by atoms with Crippen LogP contribution in [0.15, 0.2) is 12.3 Å². The Morgan fingerprint density at radius 2 is 2.41 bits per heavy atom. The Kier molecular flexibility index (Phi) is 4.07. The van der Waals surface area contributed by atoms with Crippen molar-refractivity contribution in [1.29, 1.82) is 0 Å². The molecule has 2 N–H and O–H groups in total. The summed E-state index contributed by atoms with van der Waals surface area (Å²) in [4.78, 5) is 11.4. The molecule has 0 amide bonds. The molecule has 0 bridgehead atoms. The van der Waals surface area contributed by atoms with Gasteiger partial charge in [-0.3, -0.25) is 0 Å². The second kappa shape index (κ2) is 5.56. The average molecular weight is 234 g/mol. The first-order valence-corrected chi connectivity index (χ1v) is 6.39. The fourth-order valence-corrected chi connectivity index (χ4v) is 2.31. The van der Waals surface area contributed by atoms with Gasteiger partial charge in [0.05, 0.1) is 0 Å². The zero-order chi connectivity index (χ0) is 12.3. The van der Waals surface area contributed by atoms with E-state index in [0.29, 0.717) is 18.4 Å². The fraction of sp³-hybridized carbons (Fsp3) is 0.692. The van der Waals surface area contributed by atoms with Gasteiger partial charge in [-0.2, -0.15) is 0 Å². The molecule has 1 saturated heterocycles. The average Bonchev–Trinajstić information content (AvgIpc) is 2.76. The molecule has 1 aliphatic rings. The van der Waals surface area contributed by atoms with Crippen LogP contribution in [0.4, 0.5) is 0 Å². The smallest absolute Gasteiger partial charge is 0.128 e. The molecule has 1 aromatic rings. The van der Waals surface area contributed by atoms with Gasteiger partial charge >= 0.3 is 0 Å². The predicted octanol–water partition coefficient (Wildman–Crippen LogP) is 1.03. The first kappa shape index (κ1) is 12.5. The molecule has 2 heterocycles. The van der Waals surface area contributed by atoms with Crippen LogP contribution in [0.25, 0.3) is 0 Å². The van der Waals surface area contributed by atoms with Crippen LogP contribution in [-0.2, 0) is 6.42 Å². The van der Waals surface area contributed by atoms with Crippen molar-refractivity contribution in [3.05, 3.63) is 23.8 Å². The van der Waals surface area contributed by atoms with Gasteiger partial charge in [0.1, 0.15) is 5.82 Å². The van der Waals surface area contributed by atoms with Crippen LogP contribution in [0.5, 0.6) is 0 Å². The number of rotatable bonds is 4. The molecule has 4 heteroatoms. The quantitative estimate of drug-likeness (QED) is 0.845. The Labute approximate surface area is 103 Å². The second-order valence-corrected chi connectivity index (χ2v) is 5.19. The Morgan fingerprint density at radius 3 is 3.06 bits per heavy atom. The molecule has 0 saturated carbocycles. The lowest BCUT2D eigenvalue weighted by Gasteiger charge is -2.12. The molecule has 0 spiro atoms. The number of nitrogens with zero attached hydrogens (tertiary/aromatic N) is 3. The SMILES string of the molecule is CC(CN)Cc1nccc(C2CCN(C)C2)n1. The van der Waals surface area contributed by atoms with Gasteiger partial charge < -0.3 is 10.6 Å². The second-order valence-electron chi connectivity index (χ2n) is 5.19. The van der Waals surface area contributed by atoms with Crippen molar-refractivity contribution in [3.63, 3.8) is 0 Å². The van der Waals surface area contributed by atoms with E-state index in [1.54, 1.807) is 0 Å². The van der Waals surface area contributed by atoms with E-state index in [4.69, 9.17) is 5.73 Å². The lowest BCUT2D eigenvalue weighted by Crippen LogP contribution is -2.16. The molecule has 0 aliphatic carbocycles. The maximum absolute atomic E-state index is 5.64. The van der Waals surface area contributed by atoms with E-state index in [1.807, 2.05) is 6.20 Å². The van der Waals surface area contributed by atoms with Crippen LogP contribution >= 0.6 is 0 Å². The summed E-state index contributed by atoms with van der Waals surface area (Å²) in [6, 6.07) is 2.06. The molecule has 2 rings (SSSR count). The topological polar surface area (TPSA) is 55.0 Å². The molecule has 2 unspecified atom stereocenters. The summed E-state index contributed by atoms with van der Waals surface area (Å²) in [6.07, 6.45) is 3.98. The van der Waals surface area contributed by atoms with Gasteiger partial charge in [0.2, 0.25) is 0 Å². The van der Waals surface area contributed by atoms with Crippen LogP contribution in [0.1, 0.15) is 30.8 Å². The van der Waals surface area contributed by atoms with Crippen molar-refractivity contribution in [1.82, 2.24) is 14.9 Å². The molecule has 1 aromatic heterocycles. The predicted molar refractivity (Wildman–Crippen MR) is 68.8 cm³/mol. The molecule has 2 atom stereocenters. The van der Waals surface area contributed by atoms with Gasteiger partial charge in [-0.25, -0.2) is 9.97 Å². The monoisotopic (exact) mass is 234 g/mol. The Bertz CT molecular complexity index is 366. The molecule has 4 nitrogen and oxygen atoms in total. The van der Waals surface area contributed by atoms with E-state index >= 15 is 0 Å². The molecular formula is C13H22N4. The summed E-state index contributed by atoms with van der Waals surface area (Å²) < 4.78 is 0. The first-order valence-electron chi connectivity index (χ1n) is 6.39. The molecule has 0 radical (unpaired) electrons. The van der Waals surface area contributed by atoms with E-state index in [1.165, 1.54) is 18.7 Å².